The highest BCUT2D eigenvalue weighted by Gasteiger charge is 2.57. The minimum absolute atomic E-state index is 0.123. The molecule has 0 amide bonds. The topological polar surface area (TPSA) is 94.7 Å². The number of benzene rings is 1. The van der Waals surface area contributed by atoms with Gasteiger partial charge in [-0.25, -0.2) is 0 Å². The van der Waals surface area contributed by atoms with E-state index in [1.54, 1.807) is 12.1 Å². The number of carbonyl (C=O) groups is 2. The summed E-state index contributed by atoms with van der Waals surface area (Å²) in [5.41, 5.74) is -0.403. The number of thiazole rings is 1. The number of aromatic amines is 1. The van der Waals surface area contributed by atoms with Crippen LogP contribution in [0.25, 0.3) is 0 Å². The molecule has 0 aliphatic carbocycles. The van der Waals surface area contributed by atoms with Crippen LogP contribution in [-0.2, 0) is 14.3 Å². The fourth-order valence-corrected chi connectivity index (χ4v) is 6.10. The van der Waals surface area contributed by atoms with E-state index in [0.29, 0.717) is 17.3 Å². The van der Waals surface area contributed by atoms with Gasteiger partial charge in [-0.1, -0.05) is 23.5 Å². The molecule has 2 aliphatic heterocycles. The summed E-state index contributed by atoms with van der Waals surface area (Å²) in [7, 11) is 2.78. The summed E-state index contributed by atoms with van der Waals surface area (Å²) < 4.78 is 15.8. The maximum Gasteiger partial charge on any atom is 0.320 e. The van der Waals surface area contributed by atoms with Crippen molar-refractivity contribution in [3.05, 3.63) is 38.3 Å². The van der Waals surface area contributed by atoms with E-state index in [9.17, 15) is 14.4 Å². The number of H-pyrrole nitrogens is 1. The largest absolute Gasteiger partial charge is 0.493 e. The molecule has 1 aromatic carbocycles. The number of fused-ring (bicyclic) bond motifs is 5. The van der Waals surface area contributed by atoms with E-state index in [1.807, 2.05) is 6.07 Å². The van der Waals surface area contributed by atoms with Crippen molar-refractivity contribution >= 4 is 35.0 Å². The minimum Gasteiger partial charge on any atom is -0.493 e. The Morgan fingerprint density at radius 1 is 1.38 bits per heavy atom. The number of rotatable bonds is 3. The molecule has 0 radical (unpaired) electrons. The van der Waals surface area contributed by atoms with Crippen LogP contribution >= 0.6 is 23.1 Å². The Balaban J connectivity index is 1.98. The molecule has 3 heterocycles. The molecule has 1 N–H and O–H groups in total. The molecule has 2 aliphatic rings. The molecule has 0 fully saturated rings. The molecular weight excluding hydrogens is 378 g/mol. The summed E-state index contributed by atoms with van der Waals surface area (Å²) in [4.78, 5) is 40.5. The van der Waals surface area contributed by atoms with Crippen LogP contribution in [0, 0.1) is 5.41 Å². The van der Waals surface area contributed by atoms with E-state index < -0.39 is 23.3 Å². The second kappa shape index (κ2) is 6.17. The van der Waals surface area contributed by atoms with Crippen molar-refractivity contribution in [2.24, 2.45) is 5.41 Å². The van der Waals surface area contributed by atoms with Crippen LogP contribution < -0.4 is 14.3 Å². The standard InChI is InChI=1S/C17H15NO6S2/c1-22-9-5-3-4-8-11-13-14(18-16(21)26-13)25-7-17(11,6-10(19)23-2)15(20)24-12(8)9/h3-5,11H,6-7H2,1-2H3,(H,18,21). The van der Waals surface area contributed by atoms with Crippen molar-refractivity contribution in [1.82, 2.24) is 4.98 Å². The van der Waals surface area contributed by atoms with Gasteiger partial charge < -0.3 is 19.2 Å². The fraction of sp³-hybridized carbons (Fsp3) is 0.353. The second-order valence-electron chi connectivity index (χ2n) is 6.11. The third-order valence-corrected chi connectivity index (χ3v) is 7.11. The summed E-state index contributed by atoms with van der Waals surface area (Å²) in [6, 6.07) is 5.35. The number of carbonyl (C=O) groups excluding carboxylic acids is 2. The van der Waals surface area contributed by atoms with Crippen molar-refractivity contribution in [2.45, 2.75) is 17.4 Å². The molecule has 1 aromatic heterocycles. The maximum atomic E-state index is 13.1. The van der Waals surface area contributed by atoms with E-state index >= 15 is 0 Å². The van der Waals surface area contributed by atoms with Crippen LogP contribution in [0.4, 0.5) is 0 Å². The maximum absolute atomic E-state index is 13.1. The van der Waals surface area contributed by atoms with Crippen molar-refractivity contribution in [3.8, 4) is 11.5 Å². The highest BCUT2D eigenvalue weighted by molar-refractivity contribution is 7.99. The van der Waals surface area contributed by atoms with Gasteiger partial charge in [-0.15, -0.1) is 11.8 Å². The van der Waals surface area contributed by atoms with Crippen molar-refractivity contribution in [1.29, 1.82) is 0 Å². The van der Waals surface area contributed by atoms with Gasteiger partial charge in [0.05, 0.1) is 25.7 Å². The number of thioether (sulfide) groups is 1. The molecule has 136 valence electrons. The van der Waals surface area contributed by atoms with E-state index in [2.05, 4.69) is 4.98 Å². The van der Waals surface area contributed by atoms with Crippen LogP contribution in [0.1, 0.15) is 22.8 Å². The molecule has 4 rings (SSSR count). The lowest BCUT2D eigenvalue weighted by Gasteiger charge is -2.44. The lowest BCUT2D eigenvalue weighted by molar-refractivity contribution is -0.156. The quantitative estimate of drug-likeness (QED) is 0.631. The van der Waals surface area contributed by atoms with E-state index in [-0.39, 0.29) is 11.3 Å². The van der Waals surface area contributed by atoms with Crippen LogP contribution in [0.5, 0.6) is 11.5 Å². The number of para-hydroxylation sites is 1. The second-order valence-corrected chi connectivity index (χ2v) is 8.11. The van der Waals surface area contributed by atoms with Gasteiger partial charge >= 0.3 is 16.8 Å². The molecule has 0 bridgehead atoms. The van der Waals surface area contributed by atoms with Gasteiger partial charge in [0.25, 0.3) is 0 Å². The normalized spacial score (nSPS) is 23.3. The first kappa shape index (κ1) is 17.2. The first-order chi connectivity index (χ1) is 12.5. The highest BCUT2D eigenvalue weighted by atomic mass is 32.2. The van der Waals surface area contributed by atoms with Gasteiger partial charge in [0.1, 0.15) is 5.41 Å². The average molecular weight is 393 g/mol. The number of nitrogens with one attached hydrogen (secondary N) is 1. The fourth-order valence-electron chi connectivity index (χ4n) is 3.55. The van der Waals surface area contributed by atoms with Gasteiger partial charge in [0, 0.05) is 22.1 Å². The summed E-state index contributed by atoms with van der Waals surface area (Å²) in [6.07, 6.45) is -0.123. The van der Waals surface area contributed by atoms with Gasteiger partial charge in [-0.2, -0.15) is 0 Å². The minimum atomic E-state index is -1.13. The van der Waals surface area contributed by atoms with Crippen LogP contribution in [0.3, 0.4) is 0 Å². The smallest absolute Gasteiger partial charge is 0.320 e. The van der Waals surface area contributed by atoms with Gasteiger partial charge in [-0.3, -0.25) is 14.4 Å². The first-order valence-corrected chi connectivity index (χ1v) is 9.62. The molecule has 2 unspecified atom stereocenters. The van der Waals surface area contributed by atoms with Crippen LogP contribution in [-0.4, -0.2) is 36.9 Å². The molecule has 7 nitrogen and oxygen atoms in total. The number of hydrogen-bond acceptors (Lipinski definition) is 8. The lowest BCUT2D eigenvalue weighted by atomic mass is 9.68. The van der Waals surface area contributed by atoms with Gasteiger partial charge in [0.15, 0.2) is 11.5 Å². The zero-order chi connectivity index (χ0) is 18.5. The van der Waals surface area contributed by atoms with E-state index in [0.717, 1.165) is 26.8 Å². The summed E-state index contributed by atoms with van der Waals surface area (Å²) in [6.45, 7) is 0. The van der Waals surface area contributed by atoms with E-state index in [4.69, 9.17) is 14.2 Å². The Labute approximate surface area is 156 Å². The molecule has 2 aromatic rings. The Morgan fingerprint density at radius 3 is 2.92 bits per heavy atom. The molecule has 26 heavy (non-hydrogen) atoms. The zero-order valence-electron chi connectivity index (χ0n) is 14.0. The molecule has 0 saturated heterocycles. The van der Waals surface area contributed by atoms with Gasteiger partial charge in [-0.05, 0) is 6.07 Å². The SMILES string of the molecule is COC(=O)CC12CSc3[nH]c(=O)sc3C1c1cccc(OC)c1OC2=O. The number of hydrogen-bond donors (Lipinski definition) is 1. The molecule has 0 spiro atoms. The lowest BCUT2D eigenvalue weighted by Crippen LogP contribution is -2.49. The predicted molar refractivity (Wildman–Crippen MR) is 95.2 cm³/mol. The number of methoxy groups -OCH3 is 2. The average Bonchev–Trinajstić information content (AvgIpc) is 3.01. The van der Waals surface area contributed by atoms with Crippen molar-refractivity contribution in [2.75, 3.05) is 20.0 Å². The van der Waals surface area contributed by atoms with Crippen LogP contribution in [0.2, 0.25) is 0 Å². The number of ether oxygens (including phenoxy) is 3. The Hall–Kier alpha value is -2.26. The third-order valence-electron chi connectivity index (χ3n) is 4.76. The summed E-state index contributed by atoms with van der Waals surface area (Å²) in [5.74, 6) is -0.404. The monoisotopic (exact) mass is 393 g/mol. The first-order valence-electron chi connectivity index (χ1n) is 7.82. The molecule has 0 saturated carbocycles. The highest BCUT2D eigenvalue weighted by Crippen LogP contribution is 2.59. The summed E-state index contributed by atoms with van der Waals surface area (Å²) in [5, 5.41) is 0.731. The third kappa shape index (κ3) is 2.38. The number of esters is 2. The Bertz CT molecular complexity index is 964. The predicted octanol–water partition coefficient (Wildman–Crippen LogP) is 2.15. The Kier molecular flexibility index (Phi) is 4.07. The van der Waals surface area contributed by atoms with Crippen molar-refractivity contribution in [3.63, 3.8) is 0 Å². The Morgan fingerprint density at radius 2 is 2.19 bits per heavy atom. The molecular formula is C17H15NO6S2. The van der Waals surface area contributed by atoms with E-state index in [1.165, 1.54) is 26.0 Å². The number of aromatic nitrogens is 1. The van der Waals surface area contributed by atoms with Crippen molar-refractivity contribution < 1.29 is 23.8 Å². The summed E-state index contributed by atoms with van der Waals surface area (Å²) >= 11 is 2.41. The van der Waals surface area contributed by atoms with Crippen LogP contribution in [0.15, 0.2) is 28.0 Å². The van der Waals surface area contributed by atoms with Gasteiger partial charge in [0.2, 0.25) is 0 Å². The zero-order valence-corrected chi connectivity index (χ0v) is 15.6. The molecule has 9 heteroatoms. The molecule has 2 atom stereocenters.